The van der Waals surface area contributed by atoms with E-state index in [0.29, 0.717) is 0 Å². The number of thioether (sulfide) groups is 1. The fourth-order valence-corrected chi connectivity index (χ4v) is 3.71. The average Bonchev–Trinajstić information content (AvgIpc) is 3.10. The molecule has 3 rings (SSSR count). The molecule has 5 nitrogen and oxygen atoms in total. The van der Waals surface area contributed by atoms with Crippen LogP contribution >= 0.6 is 11.8 Å². The Morgan fingerprint density at radius 2 is 2.20 bits per heavy atom. The van der Waals surface area contributed by atoms with Gasteiger partial charge >= 0.3 is 0 Å². The van der Waals surface area contributed by atoms with Gasteiger partial charge in [-0.15, -0.1) is 5.10 Å². The van der Waals surface area contributed by atoms with E-state index in [1.54, 1.807) is 0 Å². The van der Waals surface area contributed by atoms with Gasteiger partial charge in [-0.25, -0.2) is 4.68 Å². The Bertz CT molecular complexity index is 548. The van der Waals surface area contributed by atoms with E-state index in [4.69, 9.17) is 0 Å². The maximum absolute atomic E-state index is 4.31. The minimum absolute atomic E-state index is 0.0717. The predicted molar refractivity (Wildman–Crippen MR) is 80.7 cm³/mol. The Hall–Kier alpha value is -1.40. The van der Waals surface area contributed by atoms with Gasteiger partial charge in [0.15, 0.2) is 5.82 Å². The van der Waals surface area contributed by atoms with E-state index in [9.17, 15) is 0 Å². The molecule has 0 bridgehead atoms. The van der Waals surface area contributed by atoms with Crippen molar-refractivity contribution in [3.05, 3.63) is 41.7 Å². The number of rotatable bonds is 5. The van der Waals surface area contributed by atoms with E-state index in [2.05, 4.69) is 39.2 Å². The molecule has 1 atom stereocenters. The lowest BCUT2D eigenvalue weighted by Gasteiger charge is -2.27. The van der Waals surface area contributed by atoms with Gasteiger partial charge in [0.2, 0.25) is 0 Å². The van der Waals surface area contributed by atoms with E-state index >= 15 is 0 Å². The van der Waals surface area contributed by atoms with Crippen LogP contribution in [0.4, 0.5) is 0 Å². The maximum Gasteiger partial charge on any atom is 0.172 e. The van der Waals surface area contributed by atoms with Crippen LogP contribution in [0.3, 0.4) is 0 Å². The van der Waals surface area contributed by atoms with E-state index < -0.39 is 0 Å². The van der Waals surface area contributed by atoms with Crippen LogP contribution in [0.5, 0.6) is 0 Å². The first-order valence-electron chi connectivity index (χ1n) is 6.89. The third-order valence-corrected chi connectivity index (χ3v) is 4.55. The van der Waals surface area contributed by atoms with Crippen molar-refractivity contribution in [2.45, 2.75) is 24.9 Å². The highest BCUT2D eigenvalue weighted by atomic mass is 32.2. The lowest BCUT2D eigenvalue weighted by Crippen LogP contribution is -2.42. The third-order valence-electron chi connectivity index (χ3n) is 3.77. The lowest BCUT2D eigenvalue weighted by molar-refractivity contribution is 0.390. The van der Waals surface area contributed by atoms with Gasteiger partial charge in [-0.2, -0.15) is 11.8 Å². The molecule has 0 amide bonds. The van der Waals surface area contributed by atoms with Crippen molar-refractivity contribution in [2.24, 2.45) is 0 Å². The van der Waals surface area contributed by atoms with E-state index in [1.807, 2.05) is 34.6 Å². The SMILES string of the molecule is CSCC1(c2nnnn2Cc2ccccc2)CCCN1. The fraction of sp³-hybridized carbons (Fsp3) is 0.500. The van der Waals surface area contributed by atoms with Crippen molar-refractivity contribution in [2.75, 3.05) is 18.6 Å². The summed E-state index contributed by atoms with van der Waals surface area (Å²) in [5, 5.41) is 16.0. The molecule has 106 valence electrons. The van der Waals surface area contributed by atoms with Gasteiger partial charge in [0.05, 0.1) is 12.1 Å². The summed E-state index contributed by atoms with van der Waals surface area (Å²) in [5.41, 5.74) is 1.15. The van der Waals surface area contributed by atoms with Crippen LogP contribution in [-0.2, 0) is 12.1 Å². The quantitative estimate of drug-likeness (QED) is 0.907. The predicted octanol–water partition coefficient (Wildman–Crippen LogP) is 1.66. The fourth-order valence-electron chi connectivity index (χ4n) is 2.84. The monoisotopic (exact) mass is 289 g/mol. The first-order chi connectivity index (χ1) is 9.84. The Labute approximate surface area is 123 Å². The lowest BCUT2D eigenvalue weighted by atomic mass is 9.99. The van der Waals surface area contributed by atoms with Crippen molar-refractivity contribution < 1.29 is 0 Å². The molecule has 1 saturated heterocycles. The Kier molecular flexibility index (Phi) is 4.03. The number of benzene rings is 1. The molecular formula is C14H19N5S. The van der Waals surface area contributed by atoms with Crippen molar-refractivity contribution in [3.8, 4) is 0 Å². The molecule has 1 fully saturated rings. The molecular weight excluding hydrogens is 270 g/mol. The van der Waals surface area contributed by atoms with Crippen LogP contribution in [0, 0.1) is 0 Å². The van der Waals surface area contributed by atoms with E-state index in [1.165, 1.54) is 12.0 Å². The number of hydrogen-bond acceptors (Lipinski definition) is 5. The van der Waals surface area contributed by atoms with Crippen LogP contribution in [0.1, 0.15) is 24.2 Å². The topological polar surface area (TPSA) is 55.6 Å². The highest BCUT2D eigenvalue weighted by molar-refractivity contribution is 7.98. The molecule has 1 aromatic heterocycles. The van der Waals surface area contributed by atoms with Crippen molar-refractivity contribution in [1.82, 2.24) is 25.5 Å². The van der Waals surface area contributed by atoms with Gasteiger partial charge in [0, 0.05) is 5.75 Å². The van der Waals surface area contributed by atoms with Gasteiger partial charge in [-0.3, -0.25) is 0 Å². The summed E-state index contributed by atoms with van der Waals surface area (Å²) in [7, 11) is 0. The molecule has 2 heterocycles. The van der Waals surface area contributed by atoms with Gasteiger partial charge in [0.1, 0.15) is 0 Å². The van der Waals surface area contributed by atoms with Gasteiger partial charge in [0.25, 0.3) is 0 Å². The van der Waals surface area contributed by atoms with Crippen LogP contribution < -0.4 is 5.32 Å². The molecule has 1 N–H and O–H groups in total. The zero-order valence-electron chi connectivity index (χ0n) is 11.6. The molecule has 1 aliphatic heterocycles. The number of nitrogens with zero attached hydrogens (tertiary/aromatic N) is 4. The van der Waals surface area contributed by atoms with E-state index in [0.717, 1.165) is 31.1 Å². The summed E-state index contributed by atoms with van der Waals surface area (Å²) in [5.74, 6) is 1.97. The Balaban J connectivity index is 1.89. The Morgan fingerprint density at radius 1 is 1.35 bits per heavy atom. The summed E-state index contributed by atoms with van der Waals surface area (Å²) >= 11 is 1.84. The van der Waals surface area contributed by atoms with Crippen LogP contribution in [-0.4, -0.2) is 38.8 Å². The second-order valence-electron chi connectivity index (χ2n) is 5.19. The number of nitrogens with one attached hydrogen (secondary N) is 1. The Morgan fingerprint density at radius 3 is 2.90 bits per heavy atom. The molecule has 1 aromatic carbocycles. The molecule has 0 radical (unpaired) electrons. The number of tetrazole rings is 1. The van der Waals surface area contributed by atoms with Crippen molar-refractivity contribution >= 4 is 11.8 Å². The molecule has 1 aliphatic rings. The van der Waals surface area contributed by atoms with Gasteiger partial charge in [-0.05, 0) is 41.6 Å². The molecule has 6 heteroatoms. The highest BCUT2D eigenvalue weighted by Gasteiger charge is 2.39. The van der Waals surface area contributed by atoms with Crippen LogP contribution in [0.2, 0.25) is 0 Å². The minimum Gasteiger partial charge on any atom is -0.304 e. The molecule has 0 aliphatic carbocycles. The molecule has 2 aromatic rings. The second kappa shape index (κ2) is 5.93. The first-order valence-corrected chi connectivity index (χ1v) is 8.28. The third kappa shape index (κ3) is 2.58. The standard InChI is InChI=1S/C14H19N5S/c1-20-11-14(8-5-9-15-14)13-16-17-18-19(13)10-12-6-3-2-4-7-12/h2-4,6-7,15H,5,8-11H2,1H3. The highest BCUT2D eigenvalue weighted by Crippen LogP contribution is 2.32. The summed E-state index contributed by atoms with van der Waals surface area (Å²) in [6.45, 7) is 1.76. The molecule has 20 heavy (non-hydrogen) atoms. The summed E-state index contributed by atoms with van der Waals surface area (Å²) in [6.07, 6.45) is 4.41. The zero-order valence-corrected chi connectivity index (χ0v) is 12.4. The molecule has 0 saturated carbocycles. The first kappa shape index (κ1) is 13.6. The van der Waals surface area contributed by atoms with Gasteiger partial charge in [-0.1, -0.05) is 30.3 Å². The normalized spacial score (nSPS) is 22.2. The minimum atomic E-state index is -0.0717. The van der Waals surface area contributed by atoms with E-state index in [-0.39, 0.29) is 5.54 Å². The van der Waals surface area contributed by atoms with Crippen LogP contribution in [0.15, 0.2) is 30.3 Å². The number of hydrogen-bond donors (Lipinski definition) is 1. The summed E-state index contributed by atoms with van der Waals surface area (Å²) in [4.78, 5) is 0. The van der Waals surface area contributed by atoms with Crippen LogP contribution in [0.25, 0.3) is 0 Å². The van der Waals surface area contributed by atoms with Crippen molar-refractivity contribution in [3.63, 3.8) is 0 Å². The average molecular weight is 289 g/mol. The molecule has 1 unspecified atom stereocenters. The zero-order chi connectivity index (χ0) is 13.8. The maximum atomic E-state index is 4.31. The second-order valence-corrected chi connectivity index (χ2v) is 6.06. The largest absolute Gasteiger partial charge is 0.304 e. The van der Waals surface area contributed by atoms with Gasteiger partial charge < -0.3 is 5.32 Å². The molecule has 0 spiro atoms. The summed E-state index contributed by atoms with van der Waals surface area (Å²) < 4.78 is 1.93. The smallest absolute Gasteiger partial charge is 0.172 e. The number of aromatic nitrogens is 4. The van der Waals surface area contributed by atoms with Crippen molar-refractivity contribution in [1.29, 1.82) is 0 Å². The summed E-state index contributed by atoms with van der Waals surface area (Å²) in [6, 6.07) is 10.3.